The number of hydrogen-bond acceptors (Lipinski definition) is 7. The predicted octanol–water partition coefficient (Wildman–Crippen LogP) is 2.53. The van der Waals surface area contributed by atoms with Crippen molar-refractivity contribution in [3.63, 3.8) is 0 Å². The molecule has 0 aliphatic carbocycles. The normalized spacial score (nSPS) is 14.2. The number of nitrogens with zero attached hydrogens (tertiary/aromatic N) is 6. The molecule has 1 aliphatic rings. The van der Waals surface area contributed by atoms with Crippen LogP contribution in [0.5, 0.6) is 0 Å². The average molecular weight is 354 g/mol. The van der Waals surface area contributed by atoms with Crippen LogP contribution in [0, 0.1) is 5.92 Å². The number of halogens is 1. The predicted molar refractivity (Wildman–Crippen MR) is 96.5 cm³/mol. The summed E-state index contributed by atoms with van der Waals surface area (Å²) in [6.07, 6.45) is 6.68. The zero-order valence-corrected chi connectivity index (χ0v) is 14.1. The largest absolute Gasteiger partial charge is 0.354 e. The van der Waals surface area contributed by atoms with Crippen molar-refractivity contribution in [1.29, 1.82) is 0 Å². The third-order valence-corrected chi connectivity index (χ3v) is 4.27. The Hall–Kier alpha value is -2.80. The monoisotopic (exact) mass is 353 g/mol. The molecule has 1 fully saturated rings. The first kappa shape index (κ1) is 15.7. The highest BCUT2D eigenvalue weighted by molar-refractivity contribution is 6.30. The van der Waals surface area contributed by atoms with Crippen LogP contribution < -0.4 is 10.2 Å². The molecule has 0 radical (unpaired) electrons. The molecule has 1 aliphatic heterocycles. The SMILES string of the molecule is Clc1cnc(NCC2CN(c3ccc(-c4ccncc4)nn3)C2)nc1. The summed E-state index contributed by atoms with van der Waals surface area (Å²) in [5, 5.41) is 12.4. The Morgan fingerprint density at radius 1 is 1.04 bits per heavy atom. The van der Waals surface area contributed by atoms with Crippen LogP contribution in [0.15, 0.2) is 49.1 Å². The Morgan fingerprint density at radius 2 is 1.80 bits per heavy atom. The molecular formula is C17H16ClN7. The molecule has 3 aromatic heterocycles. The summed E-state index contributed by atoms with van der Waals surface area (Å²) in [6.45, 7) is 2.69. The van der Waals surface area contributed by atoms with E-state index in [0.717, 1.165) is 36.7 Å². The fourth-order valence-corrected chi connectivity index (χ4v) is 2.79. The van der Waals surface area contributed by atoms with Crippen molar-refractivity contribution in [2.24, 2.45) is 5.92 Å². The highest BCUT2D eigenvalue weighted by Crippen LogP contribution is 2.24. The number of aromatic nitrogens is 5. The van der Waals surface area contributed by atoms with E-state index in [1.807, 2.05) is 24.3 Å². The van der Waals surface area contributed by atoms with Crippen molar-refractivity contribution in [2.45, 2.75) is 0 Å². The summed E-state index contributed by atoms with van der Waals surface area (Å²) >= 11 is 5.77. The summed E-state index contributed by atoms with van der Waals surface area (Å²) in [6, 6.07) is 7.85. The van der Waals surface area contributed by atoms with E-state index in [0.29, 0.717) is 16.9 Å². The van der Waals surface area contributed by atoms with E-state index in [1.54, 1.807) is 24.8 Å². The second-order valence-electron chi connectivity index (χ2n) is 5.89. The molecule has 0 amide bonds. The molecule has 0 aromatic carbocycles. The highest BCUT2D eigenvalue weighted by atomic mass is 35.5. The second kappa shape index (κ2) is 6.98. The molecule has 1 saturated heterocycles. The third-order valence-electron chi connectivity index (χ3n) is 4.08. The van der Waals surface area contributed by atoms with Crippen LogP contribution in [0.1, 0.15) is 0 Å². The lowest BCUT2D eigenvalue weighted by Gasteiger charge is -2.39. The second-order valence-corrected chi connectivity index (χ2v) is 6.33. The summed E-state index contributed by atoms with van der Waals surface area (Å²) in [5.74, 6) is 2.03. The zero-order valence-electron chi connectivity index (χ0n) is 13.4. The Labute approximate surface area is 150 Å². The smallest absolute Gasteiger partial charge is 0.222 e. The molecule has 0 unspecified atom stereocenters. The van der Waals surface area contributed by atoms with Gasteiger partial charge in [-0.1, -0.05) is 11.6 Å². The van der Waals surface area contributed by atoms with Crippen molar-refractivity contribution in [1.82, 2.24) is 25.1 Å². The Kier molecular flexibility index (Phi) is 4.39. The highest BCUT2D eigenvalue weighted by Gasteiger charge is 2.27. The number of rotatable bonds is 5. The number of hydrogen-bond donors (Lipinski definition) is 1. The van der Waals surface area contributed by atoms with Crippen LogP contribution in [0.2, 0.25) is 5.02 Å². The summed E-state index contributed by atoms with van der Waals surface area (Å²) in [5.41, 5.74) is 1.87. The molecule has 3 aromatic rings. The average Bonchev–Trinajstić information content (AvgIpc) is 2.63. The van der Waals surface area contributed by atoms with Gasteiger partial charge in [-0.15, -0.1) is 10.2 Å². The van der Waals surface area contributed by atoms with Gasteiger partial charge in [0.1, 0.15) is 0 Å². The van der Waals surface area contributed by atoms with E-state index in [-0.39, 0.29) is 0 Å². The van der Waals surface area contributed by atoms with Gasteiger partial charge >= 0.3 is 0 Å². The molecule has 0 spiro atoms. The minimum atomic E-state index is 0.529. The fourth-order valence-electron chi connectivity index (χ4n) is 2.70. The van der Waals surface area contributed by atoms with Gasteiger partial charge in [-0.25, -0.2) is 9.97 Å². The van der Waals surface area contributed by atoms with Gasteiger partial charge in [0.05, 0.1) is 23.1 Å². The van der Waals surface area contributed by atoms with Crippen molar-refractivity contribution in [2.75, 3.05) is 29.9 Å². The van der Waals surface area contributed by atoms with Crippen LogP contribution in [-0.2, 0) is 0 Å². The molecule has 0 atom stereocenters. The van der Waals surface area contributed by atoms with E-state index < -0.39 is 0 Å². The van der Waals surface area contributed by atoms with Crippen molar-refractivity contribution >= 4 is 23.4 Å². The molecule has 0 bridgehead atoms. The minimum Gasteiger partial charge on any atom is -0.354 e. The molecule has 8 heteroatoms. The fraction of sp³-hybridized carbons (Fsp3) is 0.235. The molecule has 1 N–H and O–H groups in total. The molecular weight excluding hydrogens is 338 g/mol. The van der Waals surface area contributed by atoms with E-state index in [2.05, 4.69) is 35.4 Å². The first-order valence-electron chi connectivity index (χ1n) is 7.98. The van der Waals surface area contributed by atoms with E-state index >= 15 is 0 Å². The molecule has 4 rings (SSSR count). The Balaban J connectivity index is 1.29. The first-order chi connectivity index (χ1) is 12.3. The van der Waals surface area contributed by atoms with Gasteiger partial charge in [-0.2, -0.15) is 0 Å². The summed E-state index contributed by atoms with van der Waals surface area (Å²) in [7, 11) is 0. The number of pyridine rings is 1. The molecule has 4 heterocycles. The van der Waals surface area contributed by atoms with Gasteiger partial charge in [-0.05, 0) is 24.3 Å². The maximum atomic E-state index is 5.77. The third kappa shape index (κ3) is 3.66. The van der Waals surface area contributed by atoms with Gasteiger partial charge in [0.15, 0.2) is 5.82 Å². The van der Waals surface area contributed by atoms with E-state index in [1.165, 1.54) is 0 Å². The van der Waals surface area contributed by atoms with Gasteiger partial charge in [0.25, 0.3) is 0 Å². The molecule has 0 saturated carbocycles. The maximum absolute atomic E-state index is 5.77. The Bertz CT molecular complexity index is 818. The van der Waals surface area contributed by atoms with Crippen molar-refractivity contribution in [3.8, 4) is 11.3 Å². The van der Waals surface area contributed by atoms with Gasteiger partial charge in [-0.3, -0.25) is 4.98 Å². The molecule has 126 valence electrons. The van der Waals surface area contributed by atoms with Crippen molar-refractivity contribution < 1.29 is 0 Å². The van der Waals surface area contributed by atoms with Gasteiger partial charge < -0.3 is 10.2 Å². The van der Waals surface area contributed by atoms with Crippen molar-refractivity contribution in [3.05, 3.63) is 54.1 Å². The molecule has 7 nitrogen and oxygen atoms in total. The van der Waals surface area contributed by atoms with Crippen LogP contribution in [0.25, 0.3) is 11.3 Å². The summed E-state index contributed by atoms with van der Waals surface area (Å²) < 4.78 is 0. The quantitative estimate of drug-likeness (QED) is 0.754. The number of nitrogens with one attached hydrogen (secondary N) is 1. The van der Waals surface area contributed by atoms with Gasteiger partial charge in [0, 0.05) is 43.5 Å². The van der Waals surface area contributed by atoms with E-state index in [4.69, 9.17) is 11.6 Å². The lowest BCUT2D eigenvalue weighted by atomic mass is 10.0. The summed E-state index contributed by atoms with van der Waals surface area (Å²) in [4.78, 5) is 14.5. The lowest BCUT2D eigenvalue weighted by molar-refractivity contribution is 0.425. The number of anilines is 2. The lowest BCUT2D eigenvalue weighted by Crippen LogP contribution is -2.50. The van der Waals surface area contributed by atoms with Crippen LogP contribution in [0.4, 0.5) is 11.8 Å². The molecule has 25 heavy (non-hydrogen) atoms. The van der Waals surface area contributed by atoms with Crippen LogP contribution in [-0.4, -0.2) is 44.8 Å². The maximum Gasteiger partial charge on any atom is 0.222 e. The van der Waals surface area contributed by atoms with Gasteiger partial charge in [0.2, 0.25) is 5.95 Å². The standard InChI is InChI=1S/C17H16ClN7/c18-14-8-21-17(22-9-14)20-7-12-10-25(11-12)16-2-1-15(23-24-16)13-3-5-19-6-4-13/h1-6,8-9,12H,7,10-11H2,(H,20,21,22). The minimum absolute atomic E-state index is 0.529. The topological polar surface area (TPSA) is 79.7 Å². The first-order valence-corrected chi connectivity index (χ1v) is 8.36. The van der Waals surface area contributed by atoms with Crippen LogP contribution in [0.3, 0.4) is 0 Å². The van der Waals surface area contributed by atoms with Crippen LogP contribution >= 0.6 is 11.6 Å². The van der Waals surface area contributed by atoms with E-state index in [9.17, 15) is 0 Å². The zero-order chi connectivity index (χ0) is 17.1. The Morgan fingerprint density at radius 3 is 2.48 bits per heavy atom.